The lowest BCUT2D eigenvalue weighted by Crippen LogP contribution is -2.51. The van der Waals surface area contributed by atoms with E-state index in [-0.39, 0.29) is 11.9 Å². The van der Waals surface area contributed by atoms with E-state index in [9.17, 15) is 4.79 Å². The van der Waals surface area contributed by atoms with Crippen molar-refractivity contribution in [1.82, 2.24) is 10.2 Å². The second-order valence-electron chi connectivity index (χ2n) is 6.56. The molecule has 23 heavy (non-hydrogen) atoms. The van der Waals surface area contributed by atoms with E-state index in [1.165, 1.54) is 24.2 Å². The first-order valence-electron chi connectivity index (χ1n) is 8.43. The van der Waals surface area contributed by atoms with Gasteiger partial charge < -0.3 is 19.7 Å². The first-order valence-corrected chi connectivity index (χ1v) is 9.31. The highest BCUT2D eigenvalue weighted by Gasteiger charge is 2.30. The predicted octanol–water partition coefficient (Wildman–Crippen LogP) is 2.38. The number of nitrogens with one attached hydrogen (secondary N) is 1. The quantitative estimate of drug-likeness (QED) is 0.895. The van der Waals surface area contributed by atoms with E-state index in [1.54, 1.807) is 7.11 Å². The van der Waals surface area contributed by atoms with E-state index in [1.807, 2.05) is 11.4 Å². The predicted molar refractivity (Wildman–Crippen MR) is 91.3 cm³/mol. The Hall–Kier alpha value is -1.11. The largest absolute Gasteiger partial charge is 0.495 e. The van der Waals surface area contributed by atoms with Crippen LogP contribution in [0.2, 0.25) is 0 Å². The van der Waals surface area contributed by atoms with E-state index in [0.29, 0.717) is 22.6 Å². The standard InChI is InChI=1S/C17H26N2O3S/c1-12-10-19(11-13-4-3-8-22-13)7-5-14(12)18-17(20)16-15(21-2)6-9-23-16/h6,9,12-14H,3-5,7-8,10-11H2,1-2H3,(H,18,20). The van der Waals surface area contributed by atoms with Crippen molar-refractivity contribution >= 4 is 17.2 Å². The lowest BCUT2D eigenvalue weighted by atomic mass is 9.93. The molecule has 2 aliphatic rings. The summed E-state index contributed by atoms with van der Waals surface area (Å²) in [6, 6.07) is 2.07. The van der Waals surface area contributed by atoms with E-state index in [2.05, 4.69) is 17.1 Å². The van der Waals surface area contributed by atoms with Crippen molar-refractivity contribution < 1.29 is 14.3 Å². The van der Waals surface area contributed by atoms with Crippen LogP contribution in [0.15, 0.2) is 11.4 Å². The second-order valence-corrected chi connectivity index (χ2v) is 7.47. The molecule has 2 saturated heterocycles. The highest BCUT2D eigenvalue weighted by Crippen LogP contribution is 2.26. The number of piperidine rings is 1. The van der Waals surface area contributed by atoms with Crippen LogP contribution in [0.25, 0.3) is 0 Å². The van der Waals surface area contributed by atoms with Crippen LogP contribution in [0, 0.1) is 5.92 Å². The fourth-order valence-corrected chi connectivity index (χ4v) is 4.31. The Bertz CT molecular complexity index is 528. The maximum atomic E-state index is 12.4. The van der Waals surface area contributed by atoms with E-state index in [4.69, 9.17) is 9.47 Å². The topological polar surface area (TPSA) is 50.8 Å². The first kappa shape index (κ1) is 16.7. The number of nitrogens with zero attached hydrogens (tertiary/aromatic N) is 1. The monoisotopic (exact) mass is 338 g/mol. The van der Waals surface area contributed by atoms with Gasteiger partial charge in [-0.15, -0.1) is 11.3 Å². The van der Waals surface area contributed by atoms with Gasteiger partial charge in [0.05, 0.1) is 13.2 Å². The number of likely N-dealkylation sites (tertiary alicyclic amines) is 1. The number of thiophene rings is 1. The summed E-state index contributed by atoms with van der Waals surface area (Å²) >= 11 is 1.43. The molecule has 1 aromatic rings. The van der Waals surface area contributed by atoms with Gasteiger partial charge in [0.2, 0.25) is 0 Å². The SMILES string of the molecule is COc1ccsc1C(=O)NC1CCN(CC2CCCO2)CC1C. The Morgan fingerprint density at radius 1 is 1.52 bits per heavy atom. The highest BCUT2D eigenvalue weighted by atomic mass is 32.1. The molecular weight excluding hydrogens is 312 g/mol. The minimum Gasteiger partial charge on any atom is -0.495 e. The Labute approximate surface area is 142 Å². The van der Waals surface area contributed by atoms with Crippen LogP contribution in [0.1, 0.15) is 35.9 Å². The van der Waals surface area contributed by atoms with E-state index >= 15 is 0 Å². The van der Waals surface area contributed by atoms with Crippen molar-refractivity contribution in [2.45, 2.75) is 38.3 Å². The number of amides is 1. The third-order valence-corrected chi connectivity index (χ3v) is 5.74. The summed E-state index contributed by atoms with van der Waals surface area (Å²) in [5.41, 5.74) is 0. The van der Waals surface area contributed by atoms with Crippen LogP contribution >= 0.6 is 11.3 Å². The van der Waals surface area contributed by atoms with Gasteiger partial charge in [0.1, 0.15) is 10.6 Å². The van der Waals surface area contributed by atoms with Crippen molar-refractivity contribution in [3.8, 4) is 5.75 Å². The van der Waals surface area contributed by atoms with E-state index < -0.39 is 0 Å². The average molecular weight is 338 g/mol. The molecule has 0 bridgehead atoms. The highest BCUT2D eigenvalue weighted by molar-refractivity contribution is 7.12. The van der Waals surface area contributed by atoms with Crippen LogP contribution in [0.3, 0.4) is 0 Å². The zero-order valence-electron chi connectivity index (χ0n) is 13.9. The number of carbonyl (C=O) groups is 1. The van der Waals surface area contributed by atoms with Crippen molar-refractivity contribution in [2.24, 2.45) is 5.92 Å². The third-order valence-electron chi connectivity index (χ3n) is 4.85. The second kappa shape index (κ2) is 7.64. The number of ether oxygens (including phenoxy) is 2. The average Bonchev–Trinajstić information content (AvgIpc) is 3.20. The maximum absolute atomic E-state index is 12.4. The van der Waals surface area contributed by atoms with Gasteiger partial charge in [0.15, 0.2) is 0 Å². The smallest absolute Gasteiger partial charge is 0.265 e. The Balaban J connectivity index is 1.51. The molecule has 2 aliphatic heterocycles. The van der Waals surface area contributed by atoms with Gasteiger partial charge in [-0.05, 0) is 36.6 Å². The van der Waals surface area contributed by atoms with Gasteiger partial charge in [-0.2, -0.15) is 0 Å². The molecule has 1 N–H and O–H groups in total. The number of carbonyl (C=O) groups excluding carboxylic acids is 1. The molecular formula is C17H26N2O3S. The Morgan fingerprint density at radius 2 is 2.39 bits per heavy atom. The van der Waals surface area contributed by atoms with Crippen molar-refractivity contribution in [1.29, 1.82) is 0 Å². The molecule has 3 unspecified atom stereocenters. The summed E-state index contributed by atoms with van der Waals surface area (Å²) in [4.78, 5) is 15.6. The summed E-state index contributed by atoms with van der Waals surface area (Å²) in [6.07, 6.45) is 3.77. The molecule has 0 saturated carbocycles. The molecule has 0 aromatic carbocycles. The summed E-state index contributed by atoms with van der Waals surface area (Å²) in [5.74, 6) is 1.09. The van der Waals surface area contributed by atoms with Gasteiger partial charge in [-0.25, -0.2) is 0 Å². The Morgan fingerprint density at radius 3 is 3.09 bits per heavy atom. The normalized spacial score (nSPS) is 28.7. The molecule has 0 radical (unpaired) electrons. The summed E-state index contributed by atoms with van der Waals surface area (Å²) in [6.45, 7) is 6.21. The summed E-state index contributed by atoms with van der Waals surface area (Å²) in [5, 5.41) is 5.08. The van der Waals surface area contributed by atoms with E-state index in [0.717, 1.165) is 32.7 Å². The molecule has 1 aromatic heterocycles. The molecule has 5 nitrogen and oxygen atoms in total. The Kier molecular flexibility index (Phi) is 5.56. The molecule has 0 spiro atoms. The molecule has 3 atom stereocenters. The number of hydrogen-bond donors (Lipinski definition) is 1. The van der Waals surface area contributed by atoms with Crippen molar-refractivity contribution in [3.63, 3.8) is 0 Å². The zero-order valence-corrected chi connectivity index (χ0v) is 14.7. The fraction of sp³-hybridized carbons (Fsp3) is 0.706. The van der Waals surface area contributed by atoms with Crippen LogP contribution in [-0.4, -0.2) is 56.3 Å². The zero-order chi connectivity index (χ0) is 16.2. The number of hydrogen-bond acceptors (Lipinski definition) is 5. The van der Waals surface area contributed by atoms with Gasteiger partial charge in [-0.3, -0.25) is 4.79 Å². The van der Waals surface area contributed by atoms with Gasteiger partial charge in [0, 0.05) is 32.3 Å². The lowest BCUT2D eigenvalue weighted by molar-refractivity contribution is 0.0499. The van der Waals surface area contributed by atoms with Crippen LogP contribution in [0.5, 0.6) is 5.75 Å². The van der Waals surface area contributed by atoms with Gasteiger partial charge in [-0.1, -0.05) is 6.92 Å². The molecule has 0 aliphatic carbocycles. The molecule has 1 amide bonds. The molecule has 2 fully saturated rings. The number of methoxy groups -OCH3 is 1. The molecule has 3 rings (SSSR count). The van der Waals surface area contributed by atoms with Crippen molar-refractivity contribution in [3.05, 3.63) is 16.3 Å². The van der Waals surface area contributed by atoms with Gasteiger partial charge in [0.25, 0.3) is 5.91 Å². The van der Waals surface area contributed by atoms with Crippen molar-refractivity contribution in [2.75, 3.05) is 33.4 Å². The molecule has 6 heteroatoms. The molecule has 128 valence electrons. The fourth-order valence-electron chi connectivity index (χ4n) is 3.55. The van der Waals surface area contributed by atoms with Crippen LogP contribution in [-0.2, 0) is 4.74 Å². The van der Waals surface area contributed by atoms with Crippen LogP contribution in [0.4, 0.5) is 0 Å². The minimum atomic E-state index is -0.0127. The van der Waals surface area contributed by atoms with Crippen LogP contribution < -0.4 is 10.1 Å². The first-order chi connectivity index (χ1) is 11.2. The lowest BCUT2D eigenvalue weighted by Gasteiger charge is -2.38. The number of rotatable bonds is 5. The third kappa shape index (κ3) is 4.05. The molecule has 3 heterocycles. The summed E-state index contributed by atoms with van der Waals surface area (Å²) in [7, 11) is 1.60. The maximum Gasteiger partial charge on any atom is 0.265 e. The summed E-state index contributed by atoms with van der Waals surface area (Å²) < 4.78 is 11.0. The minimum absolute atomic E-state index is 0.0127. The van der Waals surface area contributed by atoms with Gasteiger partial charge >= 0.3 is 0 Å².